The molecule has 0 amide bonds. The summed E-state index contributed by atoms with van der Waals surface area (Å²) in [6.07, 6.45) is 1.66. The molecule has 0 saturated heterocycles. The molecule has 0 radical (unpaired) electrons. The number of hydrogen-bond donors (Lipinski definition) is 0. The molecule has 2 rings (SSSR count). The summed E-state index contributed by atoms with van der Waals surface area (Å²) < 4.78 is 0. The number of hydrogen-bond acceptors (Lipinski definition) is 5. The summed E-state index contributed by atoms with van der Waals surface area (Å²) in [6.45, 7) is 0. The Labute approximate surface area is 96.5 Å². The third-order valence-electron chi connectivity index (χ3n) is 1.77. The van der Waals surface area contributed by atoms with Crippen molar-refractivity contribution in [3.8, 4) is 10.6 Å². The quantitative estimate of drug-likeness (QED) is 0.756. The Morgan fingerprint density at radius 2 is 2.13 bits per heavy atom. The van der Waals surface area contributed by atoms with E-state index in [9.17, 15) is 0 Å². The lowest BCUT2D eigenvalue weighted by Crippen LogP contribution is -2.07. The standard InChI is InChI=1S/C9H9ClN4S/c1-14(2)9-13-12-8(15-9)6-3-4-11-7(10)5-6/h3-5H,1-2H3. The molecule has 0 N–H and O–H groups in total. The molecule has 0 unspecified atom stereocenters. The van der Waals surface area contributed by atoms with Crippen LogP contribution >= 0.6 is 22.9 Å². The summed E-state index contributed by atoms with van der Waals surface area (Å²) in [5.74, 6) is 0. The van der Waals surface area contributed by atoms with Crippen molar-refractivity contribution in [1.82, 2.24) is 15.2 Å². The van der Waals surface area contributed by atoms with Crippen LogP contribution in [0.2, 0.25) is 5.15 Å². The number of pyridine rings is 1. The highest BCUT2D eigenvalue weighted by Crippen LogP contribution is 2.28. The molecular formula is C9H9ClN4S. The molecule has 78 valence electrons. The fourth-order valence-electron chi connectivity index (χ4n) is 1.05. The Hall–Kier alpha value is -1.20. The Balaban J connectivity index is 2.37. The van der Waals surface area contributed by atoms with E-state index in [0.717, 1.165) is 15.7 Å². The van der Waals surface area contributed by atoms with Gasteiger partial charge in [-0.15, -0.1) is 10.2 Å². The molecule has 0 atom stereocenters. The maximum absolute atomic E-state index is 5.80. The second-order valence-corrected chi connectivity index (χ2v) is 4.49. The van der Waals surface area contributed by atoms with Crippen LogP contribution in [0.3, 0.4) is 0 Å². The molecule has 15 heavy (non-hydrogen) atoms. The van der Waals surface area contributed by atoms with Gasteiger partial charge in [0.25, 0.3) is 0 Å². The van der Waals surface area contributed by atoms with E-state index >= 15 is 0 Å². The zero-order valence-corrected chi connectivity index (χ0v) is 9.88. The van der Waals surface area contributed by atoms with Crippen molar-refractivity contribution in [3.63, 3.8) is 0 Å². The summed E-state index contributed by atoms with van der Waals surface area (Å²) >= 11 is 7.32. The Kier molecular flexibility index (Phi) is 2.83. The van der Waals surface area contributed by atoms with Crippen LogP contribution in [-0.2, 0) is 0 Å². The van der Waals surface area contributed by atoms with Crippen molar-refractivity contribution >= 4 is 28.1 Å². The average molecular weight is 241 g/mol. The van der Waals surface area contributed by atoms with Gasteiger partial charge in [0, 0.05) is 25.9 Å². The van der Waals surface area contributed by atoms with Crippen LogP contribution in [-0.4, -0.2) is 29.3 Å². The molecule has 4 nitrogen and oxygen atoms in total. The topological polar surface area (TPSA) is 41.9 Å². The Morgan fingerprint density at radius 1 is 1.33 bits per heavy atom. The molecule has 0 fully saturated rings. The summed E-state index contributed by atoms with van der Waals surface area (Å²) in [7, 11) is 3.87. The molecule has 2 heterocycles. The smallest absolute Gasteiger partial charge is 0.208 e. The van der Waals surface area contributed by atoms with Gasteiger partial charge in [-0.1, -0.05) is 22.9 Å². The average Bonchev–Trinajstić information content (AvgIpc) is 2.66. The Morgan fingerprint density at radius 3 is 2.73 bits per heavy atom. The molecule has 0 aliphatic heterocycles. The van der Waals surface area contributed by atoms with Gasteiger partial charge < -0.3 is 4.90 Å². The second kappa shape index (κ2) is 4.12. The van der Waals surface area contributed by atoms with Crippen molar-refractivity contribution < 1.29 is 0 Å². The highest BCUT2D eigenvalue weighted by molar-refractivity contribution is 7.18. The summed E-state index contributed by atoms with van der Waals surface area (Å²) in [4.78, 5) is 5.84. The van der Waals surface area contributed by atoms with Crippen LogP contribution in [0.15, 0.2) is 18.3 Å². The van der Waals surface area contributed by atoms with Gasteiger partial charge in [0.1, 0.15) is 10.2 Å². The van der Waals surface area contributed by atoms with Crippen molar-refractivity contribution in [2.24, 2.45) is 0 Å². The summed E-state index contributed by atoms with van der Waals surface area (Å²) in [5.41, 5.74) is 0.945. The fourth-order valence-corrected chi connectivity index (χ4v) is 1.99. The molecule has 0 aromatic carbocycles. The second-order valence-electron chi connectivity index (χ2n) is 3.15. The normalized spacial score (nSPS) is 10.3. The van der Waals surface area contributed by atoms with Gasteiger partial charge in [-0.3, -0.25) is 0 Å². The number of nitrogens with zero attached hydrogens (tertiary/aromatic N) is 4. The highest BCUT2D eigenvalue weighted by atomic mass is 35.5. The maximum atomic E-state index is 5.80. The van der Waals surface area contributed by atoms with E-state index in [0.29, 0.717) is 5.15 Å². The van der Waals surface area contributed by atoms with Crippen LogP contribution < -0.4 is 4.90 Å². The predicted octanol–water partition coefficient (Wildman–Crippen LogP) is 2.32. The lowest BCUT2D eigenvalue weighted by atomic mass is 10.3. The maximum Gasteiger partial charge on any atom is 0.208 e. The summed E-state index contributed by atoms with van der Waals surface area (Å²) in [5, 5.41) is 10.3. The SMILES string of the molecule is CN(C)c1nnc(-c2ccnc(Cl)c2)s1. The van der Waals surface area contributed by atoms with Crippen molar-refractivity contribution in [1.29, 1.82) is 0 Å². The number of anilines is 1. The lowest BCUT2D eigenvalue weighted by Gasteiger charge is -2.03. The molecule has 2 aromatic heterocycles. The van der Waals surface area contributed by atoms with Gasteiger partial charge in [-0.05, 0) is 12.1 Å². The van der Waals surface area contributed by atoms with Crippen LogP contribution in [0.25, 0.3) is 10.6 Å². The summed E-state index contributed by atoms with van der Waals surface area (Å²) in [6, 6.07) is 3.65. The molecule has 0 spiro atoms. The minimum absolute atomic E-state index is 0.467. The van der Waals surface area contributed by atoms with E-state index in [1.165, 1.54) is 11.3 Å². The first-order valence-electron chi connectivity index (χ1n) is 4.29. The van der Waals surface area contributed by atoms with E-state index in [-0.39, 0.29) is 0 Å². The van der Waals surface area contributed by atoms with Crippen molar-refractivity contribution in [2.45, 2.75) is 0 Å². The lowest BCUT2D eigenvalue weighted by molar-refractivity contribution is 1.02. The van der Waals surface area contributed by atoms with Crippen LogP contribution in [0.1, 0.15) is 0 Å². The third kappa shape index (κ3) is 2.24. The third-order valence-corrected chi connectivity index (χ3v) is 3.12. The van der Waals surface area contributed by atoms with Crippen LogP contribution in [0.4, 0.5) is 5.13 Å². The molecular weight excluding hydrogens is 232 g/mol. The van der Waals surface area contributed by atoms with Crippen molar-refractivity contribution in [2.75, 3.05) is 19.0 Å². The van der Waals surface area contributed by atoms with Crippen molar-refractivity contribution in [3.05, 3.63) is 23.5 Å². The zero-order valence-electron chi connectivity index (χ0n) is 8.31. The van der Waals surface area contributed by atoms with E-state index in [4.69, 9.17) is 11.6 Å². The first kappa shape index (κ1) is 10.3. The van der Waals surface area contributed by atoms with Crippen LogP contribution in [0.5, 0.6) is 0 Å². The number of rotatable bonds is 2. The van der Waals surface area contributed by atoms with Gasteiger partial charge >= 0.3 is 0 Å². The van der Waals surface area contributed by atoms with Gasteiger partial charge in [-0.2, -0.15) is 0 Å². The van der Waals surface area contributed by atoms with Gasteiger partial charge in [0.15, 0.2) is 0 Å². The Bertz CT molecular complexity index is 469. The van der Waals surface area contributed by atoms with E-state index in [1.54, 1.807) is 12.3 Å². The largest absolute Gasteiger partial charge is 0.353 e. The molecule has 6 heteroatoms. The first-order valence-corrected chi connectivity index (χ1v) is 5.49. The van der Waals surface area contributed by atoms with Gasteiger partial charge in [0.2, 0.25) is 5.13 Å². The number of aromatic nitrogens is 3. The molecule has 2 aromatic rings. The van der Waals surface area contributed by atoms with Gasteiger partial charge in [-0.25, -0.2) is 4.98 Å². The molecule has 0 bridgehead atoms. The monoisotopic (exact) mass is 240 g/mol. The molecule has 0 aliphatic carbocycles. The highest BCUT2D eigenvalue weighted by Gasteiger charge is 2.08. The van der Waals surface area contributed by atoms with E-state index in [1.807, 2.05) is 25.1 Å². The van der Waals surface area contributed by atoms with Crippen LogP contribution in [0, 0.1) is 0 Å². The van der Waals surface area contributed by atoms with E-state index in [2.05, 4.69) is 15.2 Å². The first-order chi connectivity index (χ1) is 7.16. The minimum Gasteiger partial charge on any atom is -0.353 e. The zero-order chi connectivity index (χ0) is 10.8. The van der Waals surface area contributed by atoms with E-state index < -0.39 is 0 Å². The predicted molar refractivity (Wildman–Crippen MR) is 62.5 cm³/mol. The number of halogens is 1. The molecule has 0 aliphatic rings. The molecule has 0 saturated carbocycles. The fraction of sp³-hybridized carbons (Fsp3) is 0.222. The van der Waals surface area contributed by atoms with Gasteiger partial charge in [0.05, 0.1) is 0 Å². The minimum atomic E-state index is 0.467.